The van der Waals surface area contributed by atoms with Gasteiger partial charge in [-0.15, -0.1) is 12.4 Å². The molecule has 0 radical (unpaired) electrons. The smallest absolute Gasteiger partial charge is 0.236 e. The van der Waals surface area contributed by atoms with E-state index in [4.69, 9.17) is 13.9 Å². The molecule has 0 spiro atoms. The number of para-hydroxylation sites is 1. The van der Waals surface area contributed by atoms with E-state index in [2.05, 4.69) is 20.3 Å². The number of benzene rings is 1. The summed E-state index contributed by atoms with van der Waals surface area (Å²) in [4.78, 5) is 13.2. The topological polar surface area (TPSA) is 87.2 Å². The van der Waals surface area contributed by atoms with Gasteiger partial charge in [-0.25, -0.2) is 9.97 Å². The van der Waals surface area contributed by atoms with Gasteiger partial charge in [-0.3, -0.25) is 4.57 Å². The number of anilines is 1. The number of hydrogen-bond donors (Lipinski definition) is 1. The fourth-order valence-electron chi connectivity index (χ4n) is 2.95. The number of ether oxygens (including phenoxy) is 2. The maximum Gasteiger partial charge on any atom is 0.236 e. The summed E-state index contributed by atoms with van der Waals surface area (Å²) >= 11 is 0. The minimum Gasteiger partial charge on any atom is -0.472 e. The van der Waals surface area contributed by atoms with Crippen LogP contribution in [0.25, 0.3) is 17.1 Å². The molecule has 8 nitrogen and oxygen atoms in total. The Balaban J connectivity index is 0.00000192. The third kappa shape index (κ3) is 3.25. The van der Waals surface area contributed by atoms with Crippen LogP contribution in [0.3, 0.4) is 0 Å². The van der Waals surface area contributed by atoms with E-state index in [1.165, 1.54) is 0 Å². The summed E-state index contributed by atoms with van der Waals surface area (Å²) in [7, 11) is 0. The van der Waals surface area contributed by atoms with E-state index in [0.29, 0.717) is 18.3 Å². The molecule has 1 N–H and O–H groups in total. The molecule has 0 unspecified atom stereocenters. The van der Waals surface area contributed by atoms with Crippen molar-refractivity contribution < 1.29 is 13.9 Å². The molecule has 142 valence electrons. The van der Waals surface area contributed by atoms with Crippen LogP contribution in [0, 0.1) is 0 Å². The Bertz CT molecular complexity index is 1070. The normalized spacial score (nSPS) is 11.9. The average molecular weight is 398 g/mol. The molecule has 5 rings (SSSR count). The van der Waals surface area contributed by atoms with Gasteiger partial charge in [0.2, 0.25) is 12.7 Å². The first-order chi connectivity index (χ1) is 13.4. The molecule has 9 heteroatoms. The first kappa shape index (κ1) is 17.9. The van der Waals surface area contributed by atoms with Gasteiger partial charge in [-0.1, -0.05) is 12.1 Å². The van der Waals surface area contributed by atoms with Crippen LogP contribution < -0.4 is 14.8 Å². The number of aromatic nitrogens is 4. The molecule has 0 bridgehead atoms. The summed E-state index contributed by atoms with van der Waals surface area (Å²) in [6.07, 6.45) is 10.2. The van der Waals surface area contributed by atoms with E-state index in [-0.39, 0.29) is 19.2 Å². The second kappa shape index (κ2) is 7.61. The fourth-order valence-corrected chi connectivity index (χ4v) is 2.95. The van der Waals surface area contributed by atoms with Crippen molar-refractivity contribution in [2.75, 3.05) is 12.1 Å². The number of halogens is 1. The zero-order valence-electron chi connectivity index (χ0n) is 14.6. The largest absolute Gasteiger partial charge is 0.472 e. The molecule has 1 aliphatic rings. The highest BCUT2D eigenvalue weighted by atomic mass is 35.5. The van der Waals surface area contributed by atoms with Gasteiger partial charge in [-0.05, 0) is 12.1 Å². The van der Waals surface area contributed by atoms with E-state index in [9.17, 15) is 0 Å². The van der Waals surface area contributed by atoms with E-state index in [1.54, 1.807) is 42.0 Å². The highest BCUT2D eigenvalue weighted by Gasteiger charge is 2.18. The molecule has 0 atom stereocenters. The zero-order valence-corrected chi connectivity index (χ0v) is 15.4. The van der Waals surface area contributed by atoms with Gasteiger partial charge in [0, 0.05) is 41.8 Å². The molecule has 3 aromatic heterocycles. The van der Waals surface area contributed by atoms with E-state index in [0.717, 1.165) is 28.2 Å². The average Bonchev–Trinajstić information content (AvgIpc) is 3.48. The first-order valence-electron chi connectivity index (χ1n) is 8.38. The van der Waals surface area contributed by atoms with E-state index < -0.39 is 0 Å². The molecule has 0 fully saturated rings. The molecular weight excluding hydrogens is 382 g/mol. The van der Waals surface area contributed by atoms with Crippen LogP contribution in [0.15, 0.2) is 66.1 Å². The van der Waals surface area contributed by atoms with Crippen molar-refractivity contribution in [3.8, 4) is 28.6 Å². The third-order valence-electron chi connectivity index (χ3n) is 4.27. The SMILES string of the molecule is Cl.c1cc(CNc2nc(-n3ccnc3)ncc2-c2ccoc2)c2c(c1)OCO2. The van der Waals surface area contributed by atoms with Crippen molar-refractivity contribution in [2.45, 2.75) is 6.54 Å². The van der Waals surface area contributed by atoms with Gasteiger partial charge in [-0.2, -0.15) is 4.98 Å². The molecule has 28 heavy (non-hydrogen) atoms. The number of furan rings is 1. The van der Waals surface area contributed by atoms with Crippen LogP contribution in [0.4, 0.5) is 5.82 Å². The number of imidazole rings is 1. The lowest BCUT2D eigenvalue weighted by molar-refractivity contribution is 0.173. The zero-order chi connectivity index (χ0) is 18.1. The predicted octanol–water partition coefficient (Wildman–Crippen LogP) is 3.68. The number of rotatable bonds is 5. The summed E-state index contributed by atoms with van der Waals surface area (Å²) in [5, 5.41) is 3.39. The Morgan fingerprint density at radius 3 is 2.96 bits per heavy atom. The number of nitrogens with one attached hydrogen (secondary N) is 1. The lowest BCUT2D eigenvalue weighted by Gasteiger charge is -2.12. The fraction of sp³-hybridized carbons (Fsp3) is 0.105. The Morgan fingerprint density at radius 2 is 2.14 bits per heavy atom. The van der Waals surface area contributed by atoms with Crippen LogP contribution >= 0.6 is 12.4 Å². The number of nitrogens with zero attached hydrogens (tertiary/aromatic N) is 4. The maximum absolute atomic E-state index is 5.58. The second-order valence-corrected chi connectivity index (χ2v) is 5.92. The monoisotopic (exact) mass is 397 g/mol. The van der Waals surface area contributed by atoms with Crippen LogP contribution in [-0.2, 0) is 6.54 Å². The molecule has 0 amide bonds. The van der Waals surface area contributed by atoms with Crippen molar-refractivity contribution >= 4 is 18.2 Å². The molecule has 0 aliphatic carbocycles. The van der Waals surface area contributed by atoms with E-state index >= 15 is 0 Å². The molecule has 1 aliphatic heterocycles. The van der Waals surface area contributed by atoms with Gasteiger partial charge in [0.1, 0.15) is 12.1 Å². The minimum atomic E-state index is 0. The molecular formula is C19H16ClN5O3. The van der Waals surface area contributed by atoms with Gasteiger partial charge in [0.15, 0.2) is 11.5 Å². The lowest BCUT2D eigenvalue weighted by atomic mass is 10.1. The van der Waals surface area contributed by atoms with Gasteiger partial charge >= 0.3 is 0 Å². The molecule has 0 saturated carbocycles. The molecule has 4 aromatic rings. The lowest BCUT2D eigenvalue weighted by Crippen LogP contribution is -2.08. The van der Waals surface area contributed by atoms with Crippen molar-refractivity contribution in [3.63, 3.8) is 0 Å². The van der Waals surface area contributed by atoms with Gasteiger partial charge in [0.05, 0.1) is 12.5 Å². The highest BCUT2D eigenvalue weighted by Crippen LogP contribution is 2.36. The van der Waals surface area contributed by atoms with Crippen LogP contribution in [0.2, 0.25) is 0 Å². The minimum absolute atomic E-state index is 0. The van der Waals surface area contributed by atoms with Crippen molar-refractivity contribution in [3.05, 3.63) is 67.3 Å². The number of hydrogen-bond acceptors (Lipinski definition) is 7. The summed E-state index contributed by atoms with van der Waals surface area (Å²) in [5.41, 5.74) is 2.73. The quantitative estimate of drug-likeness (QED) is 0.549. The van der Waals surface area contributed by atoms with Crippen LogP contribution in [-0.4, -0.2) is 26.3 Å². The molecule has 1 aromatic carbocycles. The number of fused-ring (bicyclic) bond motifs is 1. The first-order valence-corrected chi connectivity index (χ1v) is 8.38. The Morgan fingerprint density at radius 1 is 1.18 bits per heavy atom. The highest BCUT2D eigenvalue weighted by molar-refractivity contribution is 5.85. The predicted molar refractivity (Wildman–Crippen MR) is 104 cm³/mol. The second-order valence-electron chi connectivity index (χ2n) is 5.92. The Hall–Kier alpha value is -3.52. The Labute approximate surface area is 166 Å². The van der Waals surface area contributed by atoms with Crippen molar-refractivity contribution in [1.82, 2.24) is 19.5 Å². The standard InChI is InChI=1S/C19H15N5O3.ClH/c1-2-13(17-16(3-1)26-12-27-17)8-21-18-15(14-4-7-25-10-14)9-22-19(23-18)24-6-5-20-11-24;/h1-7,9-11H,8,12H2,(H,21,22,23);1H. The summed E-state index contributed by atoms with van der Waals surface area (Å²) in [6, 6.07) is 7.71. The van der Waals surface area contributed by atoms with Crippen LogP contribution in [0.1, 0.15) is 5.56 Å². The third-order valence-corrected chi connectivity index (χ3v) is 4.27. The summed E-state index contributed by atoms with van der Waals surface area (Å²) in [6.45, 7) is 0.767. The van der Waals surface area contributed by atoms with Crippen LogP contribution in [0.5, 0.6) is 11.5 Å². The van der Waals surface area contributed by atoms with Crippen molar-refractivity contribution in [2.24, 2.45) is 0 Å². The molecule has 0 saturated heterocycles. The summed E-state index contributed by atoms with van der Waals surface area (Å²) < 4.78 is 18.0. The maximum atomic E-state index is 5.58. The van der Waals surface area contributed by atoms with Gasteiger partial charge < -0.3 is 19.2 Å². The van der Waals surface area contributed by atoms with Crippen molar-refractivity contribution in [1.29, 1.82) is 0 Å². The van der Waals surface area contributed by atoms with E-state index in [1.807, 2.05) is 24.3 Å². The summed E-state index contributed by atoms with van der Waals surface area (Å²) in [5.74, 6) is 2.73. The Kier molecular flexibility index (Phi) is 4.86. The van der Waals surface area contributed by atoms with Gasteiger partial charge in [0.25, 0.3) is 0 Å². The molecule has 4 heterocycles.